The van der Waals surface area contributed by atoms with Crippen LogP contribution in [-0.4, -0.2) is 5.60 Å². The molecule has 0 aliphatic rings. The van der Waals surface area contributed by atoms with Crippen molar-refractivity contribution >= 4 is 0 Å². The van der Waals surface area contributed by atoms with Crippen molar-refractivity contribution in [1.29, 1.82) is 0 Å². The van der Waals surface area contributed by atoms with Gasteiger partial charge in [-0.1, -0.05) is 33.1 Å². The molecular weight excluding hydrogens is 232 g/mol. The third kappa shape index (κ3) is 4.33. The van der Waals surface area contributed by atoms with Crippen LogP contribution < -0.4 is 5.82 Å². The van der Waals surface area contributed by atoms with Gasteiger partial charge < -0.3 is 13.6 Å². The lowest BCUT2D eigenvalue weighted by atomic mass is 9.95. The molecular formula is C14H24O4. The Kier molecular flexibility index (Phi) is 5.66. The van der Waals surface area contributed by atoms with Crippen molar-refractivity contribution in [1.82, 2.24) is 0 Å². The highest BCUT2D eigenvalue weighted by Crippen LogP contribution is 2.25. The molecule has 0 saturated heterocycles. The monoisotopic (exact) mass is 256 g/mol. The van der Waals surface area contributed by atoms with E-state index >= 15 is 0 Å². The van der Waals surface area contributed by atoms with Crippen LogP contribution in [0.2, 0.25) is 0 Å². The first-order chi connectivity index (χ1) is 8.50. The summed E-state index contributed by atoms with van der Waals surface area (Å²) in [6.45, 7) is 8.42. The molecule has 0 aromatic carbocycles. The first-order valence-corrected chi connectivity index (χ1v) is 6.74. The predicted octanol–water partition coefficient (Wildman–Crippen LogP) is 3.81. The van der Waals surface area contributed by atoms with Gasteiger partial charge in [0, 0.05) is 0 Å². The molecule has 0 saturated carbocycles. The van der Waals surface area contributed by atoms with Gasteiger partial charge in [-0.3, -0.25) is 0 Å². The molecule has 4 heteroatoms. The van der Waals surface area contributed by atoms with Crippen LogP contribution in [0.1, 0.15) is 64.4 Å². The molecule has 0 aliphatic heterocycles. The smallest absolute Gasteiger partial charge is 0.396 e. The Hall–Kier alpha value is -1.03. The number of unbranched alkanes of at least 4 members (excludes halogenated alkanes) is 2. The summed E-state index contributed by atoms with van der Waals surface area (Å²) in [5, 5.41) is 0. The Labute approximate surface area is 108 Å². The Morgan fingerprint density at radius 1 is 1.22 bits per heavy atom. The molecule has 0 spiro atoms. The summed E-state index contributed by atoms with van der Waals surface area (Å²) in [6, 6.07) is 0. The largest absolute Gasteiger partial charge is 0.519 e. The average molecular weight is 256 g/mol. The van der Waals surface area contributed by atoms with Crippen LogP contribution >= 0.6 is 0 Å². The van der Waals surface area contributed by atoms with E-state index in [1.165, 1.54) is 12.8 Å². The second-order valence-electron chi connectivity index (χ2n) is 4.98. The maximum Gasteiger partial charge on any atom is 0.519 e. The molecule has 1 aromatic rings. The summed E-state index contributed by atoms with van der Waals surface area (Å²) < 4.78 is 15.7. The van der Waals surface area contributed by atoms with Crippen LogP contribution in [0.25, 0.3) is 0 Å². The van der Waals surface area contributed by atoms with Crippen molar-refractivity contribution in [3.05, 3.63) is 22.1 Å². The molecule has 1 aromatic heterocycles. The zero-order chi connectivity index (χ0) is 13.6. The molecule has 104 valence electrons. The number of hydrogen-bond acceptors (Lipinski definition) is 4. The highest BCUT2D eigenvalue weighted by Gasteiger charge is 2.23. The van der Waals surface area contributed by atoms with Crippen LogP contribution in [0.15, 0.2) is 13.6 Å². The minimum Gasteiger partial charge on any atom is -0.396 e. The first-order valence-electron chi connectivity index (χ1n) is 6.74. The molecule has 0 amide bonds. The van der Waals surface area contributed by atoms with Gasteiger partial charge in [-0.05, 0) is 26.7 Å². The SMILES string of the molecule is CCCCCC(C)(CC)OCc1oc(=O)oc1C. The van der Waals surface area contributed by atoms with Crippen LogP contribution in [0.5, 0.6) is 0 Å². The summed E-state index contributed by atoms with van der Waals surface area (Å²) in [7, 11) is 0. The van der Waals surface area contributed by atoms with Gasteiger partial charge in [0.15, 0.2) is 5.76 Å². The van der Waals surface area contributed by atoms with Gasteiger partial charge in [0.1, 0.15) is 12.4 Å². The molecule has 1 atom stereocenters. The Morgan fingerprint density at radius 2 is 1.94 bits per heavy atom. The molecule has 0 aliphatic carbocycles. The number of rotatable bonds is 8. The molecule has 0 fully saturated rings. The van der Waals surface area contributed by atoms with E-state index in [1.807, 2.05) is 0 Å². The van der Waals surface area contributed by atoms with Crippen molar-refractivity contribution in [3.63, 3.8) is 0 Å². The van der Waals surface area contributed by atoms with E-state index in [-0.39, 0.29) is 5.60 Å². The van der Waals surface area contributed by atoms with E-state index in [2.05, 4.69) is 20.8 Å². The zero-order valence-electron chi connectivity index (χ0n) is 11.9. The van der Waals surface area contributed by atoms with Crippen LogP contribution in [-0.2, 0) is 11.3 Å². The lowest BCUT2D eigenvalue weighted by molar-refractivity contribution is -0.0593. The number of aryl methyl sites for hydroxylation is 1. The maximum atomic E-state index is 10.9. The lowest BCUT2D eigenvalue weighted by Gasteiger charge is -2.28. The Morgan fingerprint density at radius 3 is 2.44 bits per heavy atom. The number of ether oxygens (including phenoxy) is 1. The third-order valence-electron chi connectivity index (χ3n) is 3.44. The van der Waals surface area contributed by atoms with Crippen molar-refractivity contribution in [3.8, 4) is 0 Å². The lowest BCUT2D eigenvalue weighted by Crippen LogP contribution is -2.27. The van der Waals surface area contributed by atoms with E-state index in [0.29, 0.717) is 18.1 Å². The maximum absolute atomic E-state index is 10.9. The normalized spacial score (nSPS) is 14.7. The fraction of sp³-hybridized carbons (Fsp3) is 0.786. The van der Waals surface area contributed by atoms with E-state index < -0.39 is 5.82 Å². The molecule has 1 heterocycles. The van der Waals surface area contributed by atoms with Crippen LogP contribution in [0, 0.1) is 6.92 Å². The molecule has 0 N–H and O–H groups in total. The fourth-order valence-corrected chi connectivity index (χ4v) is 1.85. The topological polar surface area (TPSA) is 52.6 Å². The zero-order valence-corrected chi connectivity index (χ0v) is 11.9. The average Bonchev–Trinajstić information content (AvgIpc) is 2.66. The van der Waals surface area contributed by atoms with Gasteiger partial charge in [-0.2, -0.15) is 0 Å². The predicted molar refractivity (Wildman–Crippen MR) is 69.6 cm³/mol. The molecule has 1 unspecified atom stereocenters. The standard InChI is InChI=1S/C14H24O4/c1-5-7-8-9-14(4,6-2)16-10-12-11(3)17-13(15)18-12/h5-10H2,1-4H3. The van der Waals surface area contributed by atoms with Gasteiger partial charge >= 0.3 is 5.82 Å². The van der Waals surface area contributed by atoms with Crippen LogP contribution in [0.4, 0.5) is 0 Å². The van der Waals surface area contributed by atoms with Crippen molar-refractivity contribution in [2.45, 2.75) is 72.0 Å². The summed E-state index contributed by atoms with van der Waals surface area (Å²) in [5.74, 6) is 0.345. The summed E-state index contributed by atoms with van der Waals surface area (Å²) in [4.78, 5) is 10.9. The minimum atomic E-state index is -0.657. The van der Waals surface area contributed by atoms with Crippen LogP contribution in [0.3, 0.4) is 0 Å². The quantitative estimate of drug-likeness (QED) is 0.664. The minimum absolute atomic E-state index is 0.155. The van der Waals surface area contributed by atoms with Crippen molar-refractivity contribution < 1.29 is 13.6 Å². The second-order valence-corrected chi connectivity index (χ2v) is 4.98. The molecule has 0 bridgehead atoms. The van der Waals surface area contributed by atoms with Crippen molar-refractivity contribution in [2.75, 3.05) is 0 Å². The van der Waals surface area contributed by atoms with Gasteiger partial charge in [-0.15, -0.1) is 0 Å². The van der Waals surface area contributed by atoms with E-state index in [0.717, 1.165) is 19.3 Å². The second kappa shape index (κ2) is 6.78. The summed E-state index contributed by atoms with van der Waals surface area (Å²) in [6.07, 6.45) is 5.56. The molecule has 4 nitrogen and oxygen atoms in total. The Bertz CT molecular complexity index is 404. The van der Waals surface area contributed by atoms with Gasteiger partial charge in [-0.25, -0.2) is 4.79 Å². The van der Waals surface area contributed by atoms with Crippen molar-refractivity contribution in [2.24, 2.45) is 0 Å². The fourth-order valence-electron chi connectivity index (χ4n) is 1.85. The first kappa shape index (κ1) is 15.0. The highest BCUT2D eigenvalue weighted by molar-refractivity contribution is 4.98. The van der Waals surface area contributed by atoms with Gasteiger partial charge in [0.25, 0.3) is 0 Å². The van der Waals surface area contributed by atoms with Gasteiger partial charge in [0.05, 0.1) is 5.60 Å². The van der Waals surface area contributed by atoms with E-state index in [9.17, 15) is 4.79 Å². The Balaban J connectivity index is 2.52. The molecule has 18 heavy (non-hydrogen) atoms. The third-order valence-corrected chi connectivity index (χ3v) is 3.44. The van der Waals surface area contributed by atoms with E-state index in [4.69, 9.17) is 13.6 Å². The molecule has 1 rings (SSSR count). The number of hydrogen-bond donors (Lipinski definition) is 0. The van der Waals surface area contributed by atoms with E-state index in [1.54, 1.807) is 6.92 Å². The van der Waals surface area contributed by atoms with Gasteiger partial charge in [0.2, 0.25) is 0 Å². The summed E-state index contributed by atoms with van der Waals surface area (Å²) >= 11 is 0. The summed E-state index contributed by atoms with van der Waals surface area (Å²) in [5.41, 5.74) is -0.155. The highest BCUT2D eigenvalue weighted by atomic mass is 16.6. The molecule has 0 radical (unpaired) electrons.